The molecule has 1 atom stereocenters. The predicted molar refractivity (Wildman–Crippen MR) is 81.2 cm³/mol. The van der Waals surface area contributed by atoms with Crippen molar-refractivity contribution in [2.45, 2.75) is 43.5 Å². The number of nitrogens with zero attached hydrogens (tertiary/aromatic N) is 1. The standard InChI is InChI=1S/C15H21FN2O3S/c1-12(19)17-9-8-14-6-2-3-10-18(14)22(20,21)15-7-4-5-13(16)11-15/h4-5,7,11,14H,2-3,6,8-10H2,1H3,(H,17,19)/t14-/m0/s1. The molecule has 2 rings (SSSR count). The van der Waals surface area contributed by atoms with E-state index < -0.39 is 15.8 Å². The number of benzene rings is 1. The molecule has 1 saturated heterocycles. The zero-order chi connectivity index (χ0) is 16.2. The third kappa shape index (κ3) is 4.04. The van der Waals surface area contributed by atoms with E-state index in [4.69, 9.17) is 0 Å². The molecule has 0 aliphatic carbocycles. The molecule has 0 radical (unpaired) electrons. The molecule has 0 bridgehead atoms. The number of sulfonamides is 1. The highest BCUT2D eigenvalue weighted by Crippen LogP contribution is 2.27. The summed E-state index contributed by atoms with van der Waals surface area (Å²) in [7, 11) is -3.70. The summed E-state index contributed by atoms with van der Waals surface area (Å²) in [5, 5.41) is 2.69. The molecule has 1 aliphatic heterocycles. The number of halogens is 1. The van der Waals surface area contributed by atoms with E-state index in [1.807, 2.05) is 0 Å². The minimum atomic E-state index is -3.70. The fraction of sp³-hybridized carbons (Fsp3) is 0.533. The van der Waals surface area contributed by atoms with Crippen molar-refractivity contribution in [3.8, 4) is 0 Å². The molecule has 5 nitrogen and oxygen atoms in total. The van der Waals surface area contributed by atoms with Crippen LogP contribution in [-0.2, 0) is 14.8 Å². The Kier molecular flexibility index (Phi) is 5.52. The van der Waals surface area contributed by atoms with Gasteiger partial charge in [0.05, 0.1) is 4.90 Å². The largest absolute Gasteiger partial charge is 0.356 e. The van der Waals surface area contributed by atoms with Gasteiger partial charge in [-0.3, -0.25) is 4.79 Å². The highest BCUT2D eigenvalue weighted by atomic mass is 32.2. The van der Waals surface area contributed by atoms with Crippen LogP contribution in [0.1, 0.15) is 32.6 Å². The summed E-state index contributed by atoms with van der Waals surface area (Å²) in [6.45, 7) is 2.31. The minimum Gasteiger partial charge on any atom is -0.356 e. The predicted octanol–water partition coefficient (Wildman–Crippen LogP) is 1.90. The minimum absolute atomic E-state index is 0.0149. The summed E-state index contributed by atoms with van der Waals surface area (Å²) in [5.41, 5.74) is 0. The lowest BCUT2D eigenvalue weighted by Gasteiger charge is -2.34. The summed E-state index contributed by atoms with van der Waals surface area (Å²) in [6.07, 6.45) is 3.08. The van der Waals surface area contributed by atoms with E-state index in [-0.39, 0.29) is 16.8 Å². The highest BCUT2D eigenvalue weighted by molar-refractivity contribution is 7.89. The second-order valence-electron chi connectivity index (χ2n) is 5.49. The fourth-order valence-electron chi connectivity index (χ4n) is 2.76. The number of amides is 1. The lowest BCUT2D eigenvalue weighted by Crippen LogP contribution is -2.45. The van der Waals surface area contributed by atoms with Crippen molar-refractivity contribution in [3.05, 3.63) is 30.1 Å². The molecule has 0 unspecified atom stereocenters. The maximum atomic E-state index is 13.3. The lowest BCUT2D eigenvalue weighted by molar-refractivity contribution is -0.119. The number of piperidine rings is 1. The van der Waals surface area contributed by atoms with Gasteiger partial charge in [-0.15, -0.1) is 0 Å². The van der Waals surface area contributed by atoms with Gasteiger partial charge in [0.2, 0.25) is 15.9 Å². The van der Waals surface area contributed by atoms with E-state index in [0.29, 0.717) is 19.5 Å². The Labute approximate surface area is 130 Å². The summed E-state index contributed by atoms with van der Waals surface area (Å²) in [6, 6.07) is 4.93. The van der Waals surface area contributed by atoms with Gasteiger partial charge in [0.15, 0.2) is 0 Å². The number of hydrogen-bond donors (Lipinski definition) is 1. The van der Waals surface area contributed by atoms with E-state index >= 15 is 0 Å². The molecule has 1 aliphatic rings. The first-order valence-electron chi connectivity index (χ1n) is 7.43. The Balaban J connectivity index is 2.17. The van der Waals surface area contributed by atoms with Gasteiger partial charge < -0.3 is 5.32 Å². The van der Waals surface area contributed by atoms with Crippen LogP contribution in [0.25, 0.3) is 0 Å². The van der Waals surface area contributed by atoms with Crippen LogP contribution in [-0.4, -0.2) is 37.8 Å². The van der Waals surface area contributed by atoms with Crippen LogP contribution in [0.4, 0.5) is 4.39 Å². The Morgan fingerprint density at radius 3 is 2.86 bits per heavy atom. The lowest BCUT2D eigenvalue weighted by atomic mass is 10.0. The van der Waals surface area contributed by atoms with Crippen LogP contribution in [0.2, 0.25) is 0 Å². The van der Waals surface area contributed by atoms with Crippen molar-refractivity contribution in [1.29, 1.82) is 0 Å². The van der Waals surface area contributed by atoms with Crippen molar-refractivity contribution >= 4 is 15.9 Å². The van der Waals surface area contributed by atoms with E-state index in [1.165, 1.54) is 29.4 Å². The molecule has 1 fully saturated rings. The van der Waals surface area contributed by atoms with Gasteiger partial charge in [0.25, 0.3) is 0 Å². The summed E-state index contributed by atoms with van der Waals surface area (Å²) < 4.78 is 40.2. The SMILES string of the molecule is CC(=O)NCC[C@@H]1CCCCN1S(=O)(=O)c1cccc(F)c1. The zero-order valence-electron chi connectivity index (χ0n) is 12.6. The molecule has 1 heterocycles. The van der Waals surface area contributed by atoms with Crippen LogP contribution in [0.3, 0.4) is 0 Å². The molecule has 0 aromatic heterocycles. The van der Waals surface area contributed by atoms with Gasteiger partial charge in [-0.25, -0.2) is 12.8 Å². The molecule has 1 aromatic carbocycles. The molecule has 122 valence electrons. The second-order valence-corrected chi connectivity index (χ2v) is 7.38. The summed E-state index contributed by atoms with van der Waals surface area (Å²) in [5.74, 6) is -0.691. The number of carbonyl (C=O) groups is 1. The third-order valence-corrected chi connectivity index (χ3v) is 5.78. The summed E-state index contributed by atoms with van der Waals surface area (Å²) in [4.78, 5) is 10.9. The number of rotatable bonds is 5. The molecule has 0 spiro atoms. The smallest absolute Gasteiger partial charge is 0.243 e. The normalized spacial score (nSPS) is 19.8. The molecule has 22 heavy (non-hydrogen) atoms. The Hall–Kier alpha value is -1.47. The molecule has 1 amide bonds. The number of carbonyl (C=O) groups excluding carboxylic acids is 1. The average molecular weight is 328 g/mol. The van der Waals surface area contributed by atoms with Crippen LogP contribution in [0.5, 0.6) is 0 Å². The van der Waals surface area contributed by atoms with E-state index in [1.54, 1.807) is 0 Å². The van der Waals surface area contributed by atoms with Crippen molar-refractivity contribution in [2.24, 2.45) is 0 Å². The maximum absolute atomic E-state index is 13.3. The maximum Gasteiger partial charge on any atom is 0.243 e. The van der Waals surface area contributed by atoms with Crippen LogP contribution in [0, 0.1) is 5.82 Å². The summed E-state index contributed by atoms with van der Waals surface area (Å²) >= 11 is 0. The fourth-order valence-corrected chi connectivity index (χ4v) is 4.51. The first-order valence-corrected chi connectivity index (χ1v) is 8.87. The molecule has 7 heteroatoms. The van der Waals surface area contributed by atoms with Crippen molar-refractivity contribution < 1.29 is 17.6 Å². The Morgan fingerprint density at radius 1 is 1.41 bits per heavy atom. The third-order valence-electron chi connectivity index (χ3n) is 3.83. The molecule has 0 saturated carbocycles. The van der Waals surface area contributed by atoms with Crippen LogP contribution < -0.4 is 5.32 Å². The quantitative estimate of drug-likeness (QED) is 0.898. The van der Waals surface area contributed by atoms with E-state index in [2.05, 4.69) is 5.32 Å². The monoisotopic (exact) mass is 328 g/mol. The van der Waals surface area contributed by atoms with Gasteiger partial charge in [0, 0.05) is 26.1 Å². The molecule has 1 aromatic rings. The van der Waals surface area contributed by atoms with Gasteiger partial charge >= 0.3 is 0 Å². The van der Waals surface area contributed by atoms with Crippen molar-refractivity contribution in [3.63, 3.8) is 0 Å². The average Bonchev–Trinajstić information content (AvgIpc) is 2.47. The Bertz CT molecular complexity index is 633. The van der Waals surface area contributed by atoms with E-state index in [9.17, 15) is 17.6 Å². The highest BCUT2D eigenvalue weighted by Gasteiger charge is 2.33. The van der Waals surface area contributed by atoms with Crippen molar-refractivity contribution in [2.75, 3.05) is 13.1 Å². The van der Waals surface area contributed by atoms with Gasteiger partial charge in [-0.1, -0.05) is 12.5 Å². The van der Waals surface area contributed by atoms with Gasteiger partial charge in [-0.2, -0.15) is 4.31 Å². The second kappa shape index (κ2) is 7.19. The van der Waals surface area contributed by atoms with Crippen molar-refractivity contribution in [1.82, 2.24) is 9.62 Å². The number of hydrogen-bond acceptors (Lipinski definition) is 3. The molecule has 1 N–H and O–H groups in total. The zero-order valence-corrected chi connectivity index (χ0v) is 13.4. The van der Waals surface area contributed by atoms with Crippen LogP contribution >= 0.6 is 0 Å². The number of nitrogens with one attached hydrogen (secondary N) is 1. The topological polar surface area (TPSA) is 66.5 Å². The van der Waals surface area contributed by atoms with Gasteiger partial charge in [-0.05, 0) is 37.5 Å². The first kappa shape index (κ1) is 16.9. The van der Waals surface area contributed by atoms with Gasteiger partial charge in [0.1, 0.15) is 5.82 Å². The molecular formula is C15H21FN2O3S. The van der Waals surface area contributed by atoms with E-state index in [0.717, 1.165) is 25.3 Å². The Morgan fingerprint density at radius 2 is 2.18 bits per heavy atom. The van der Waals surface area contributed by atoms with Crippen LogP contribution in [0.15, 0.2) is 29.2 Å². The molecular weight excluding hydrogens is 307 g/mol. The first-order chi connectivity index (χ1) is 10.4.